The Balaban J connectivity index is 0. The van der Waals surface area contributed by atoms with E-state index in [1.807, 2.05) is 0 Å². The fourth-order valence-corrected chi connectivity index (χ4v) is 0.356. The number of rotatable bonds is 4. The second-order valence-corrected chi connectivity index (χ2v) is 3.08. The van der Waals surface area contributed by atoms with Gasteiger partial charge in [0.25, 0.3) is 0 Å². The fraction of sp³-hybridized carbons (Fsp3) is 0.889. The van der Waals surface area contributed by atoms with E-state index in [9.17, 15) is 4.79 Å². The quantitative estimate of drug-likeness (QED) is 0.675. The molecule has 0 fully saturated rings. The Morgan fingerprint density at radius 1 is 1.38 bits per heavy atom. The van der Waals surface area contributed by atoms with Crippen molar-refractivity contribution in [3.8, 4) is 0 Å². The molecule has 0 aliphatic heterocycles. The highest BCUT2D eigenvalue weighted by molar-refractivity contribution is 5.72. The third-order valence-corrected chi connectivity index (χ3v) is 0.879. The molecule has 0 aliphatic rings. The zero-order valence-electron chi connectivity index (χ0n) is 8.78. The van der Waals surface area contributed by atoms with E-state index in [0.29, 0.717) is 6.61 Å². The Labute approximate surface area is 79.5 Å². The van der Waals surface area contributed by atoms with Crippen molar-refractivity contribution in [3.63, 3.8) is 0 Å². The Bertz CT molecular complexity index is 119. The van der Waals surface area contributed by atoms with E-state index in [2.05, 4.69) is 0 Å². The van der Waals surface area contributed by atoms with Gasteiger partial charge in [-0.25, -0.2) is 0 Å². The highest BCUT2D eigenvalue weighted by Gasteiger charge is 2.00. The summed E-state index contributed by atoms with van der Waals surface area (Å²) in [5.74, 6) is 0.167. The number of ketones is 1. The molecule has 0 radical (unpaired) electrons. The van der Waals surface area contributed by atoms with Gasteiger partial charge in [-0.3, -0.25) is 0 Å². The summed E-state index contributed by atoms with van der Waals surface area (Å²) in [6.45, 7) is 6.75. The van der Waals surface area contributed by atoms with Gasteiger partial charge in [-0.1, -0.05) is 0 Å². The lowest BCUT2D eigenvalue weighted by Crippen LogP contribution is -2.19. The van der Waals surface area contributed by atoms with Crippen LogP contribution in [0.4, 0.5) is 0 Å². The standard InChI is InChI=1S/C6H14O3.C3H6O/c1-5(8)4-9-6(2)3-7;1-3(2)4/h5-8H,3-4H2,1-2H3;1-2H3. The molecular weight excluding hydrogens is 172 g/mol. The second kappa shape index (κ2) is 9.64. The first-order chi connectivity index (χ1) is 5.90. The van der Waals surface area contributed by atoms with Gasteiger partial charge < -0.3 is 19.7 Å². The van der Waals surface area contributed by atoms with Gasteiger partial charge in [-0.15, -0.1) is 0 Å². The van der Waals surface area contributed by atoms with Gasteiger partial charge in [-0.2, -0.15) is 0 Å². The highest BCUT2D eigenvalue weighted by Crippen LogP contribution is 1.90. The molecule has 0 aromatic rings. The third kappa shape index (κ3) is 24.6. The van der Waals surface area contributed by atoms with Crippen molar-refractivity contribution < 1.29 is 19.7 Å². The molecule has 2 N–H and O–H groups in total. The minimum atomic E-state index is -0.445. The van der Waals surface area contributed by atoms with Gasteiger partial charge in [-0.05, 0) is 27.7 Å². The largest absolute Gasteiger partial charge is 0.394 e. The molecule has 2 unspecified atom stereocenters. The highest BCUT2D eigenvalue weighted by atomic mass is 16.5. The van der Waals surface area contributed by atoms with E-state index >= 15 is 0 Å². The van der Waals surface area contributed by atoms with Crippen LogP contribution in [0.1, 0.15) is 27.7 Å². The van der Waals surface area contributed by atoms with Gasteiger partial charge in [0, 0.05) is 0 Å². The molecular formula is C9H20O4. The third-order valence-electron chi connectivity index (χ3n) is 0.879. The summed E-state index contributed by atoms with van der Waals surface area (Å²) < 4.78 is 4.95. The molecule has 4 heteroatoms. The van der Waals surface area contributed by atoms with Crippen molar-refractivity contribution in [1.29, 1.82) is 0 Å². The van der Waals surface area contributed by atoms with E-state index in [1.54, 1.807) is 13.8 Å². The van der Waals surface area contributed by atoms with Crippen LogP contribution in [-0.4, -0.2) is 41.4 Å². The van der Waals surface area contributed by atoms with Crippen molar-refractivity contribution in [2.75, 3.05) is 13.2 Å². The van der Waals surface area contributed by atoms with Crippen LogP contribution >= 0.6 is 0 Å². The van der Waals surface area contributed by atoms with E-state index in [1.165, 1.54) is 13.8 Å². The lowest BCUT2D eigenvalue weighted by molar-refractivity contribution is -0.114. The molecule has 0 aromatic heterocycles. The fourth-order valence-electron chi connectivity index (χ4n) is 0.356. The number of ether oxygens (including phenoxy) is 1. The Kier molecular flexibility index (Phi) is 11.2. The van der Waals surface area contributed by atoms with Crippen molar-refractivity contribution in [2.24, 2.45) is 0 Å². The molecule has 4 nitrogen and oxygen atoms in total. The average molecular weight is 192 g/mol. The van der Waals surface area contributed by atoms with E-state index in [4.69, 9.17) is 14.9 Å². The van der Waals surface area contributed by atoms with Crippen LogP contribution in [0, 0.1) is 0 Å². The summed E-state index contributed by atoms with van der Waals surface area (Å²) in [5.41, 5.74) is 0. The summed E-state index contributed by atoms with van der Waals surface area (Å²) in [6, 6.07) is 0. The van der Waals surface area contributed by atoms with Gasteiger partial charge in [0.2, 0.25) is 0 Å². The number of hydrogen-bond acceptors (Lipinski definition) is 4. The maximum Gasteiger partial charge on any atom is 0.126 e. The minimum Gasteiger partial charge on any atom is -0.394 e. The number of carbonyl (C=O) groups is 1. The van der Waals surface area contributed by atoms with Crippen LogP contribution in [0.15, 0.2) is 0 Å². The lowest BCUT2D eigenvalue weighted by atomic mass is 10.4. The number of aliphatic hydroxyl groups is 2. The molecule has 2 atom stereocenters. The molecule has 0 aromatic carbocycles. The molecule has 0 saturated carbocycles. The van der Waals surface area contributed by atoms with Gasteiger partial charge in [0.1, 0.15) is 5.78 Å². The average Bonchev–Trinajstić information content (AvgIpc) is 1.99. The number of aliphatic hydroxyl groups excluding tert-OH is 2. The molecule has 0 amide bonds. The number of hydrogen-bond donors (Lipinski definition) is 2. The van der Waals surface area contributed by atoms with E-state index in [0.717, 1.165) is 0 Å². The molecule has 80 valence electrons. The SMILES string of the molecule is CC(C)=O.CC(O)COC(C)CO. The van der Waals surface area contributed by atoms with Crippen LogP contribution < -0.4 is 0 Å². The summed E-state index contributed by atoms with van der Waals surface area (Å²) in [6.07, 6.45) is -0.612. The molecule has 0 aliphatic carbocycles. The van der Waals surface area contributed by atoms with Crippen molar-refractivity contribution in [2.45, 2.75) is 39.9 Å². The van der Waals surface area contributed by atoms with Gasteiger partial charge in [0.05, 0.1) is 25.4 Å². The summed E-state index contributed by atoms with van der Waals surface area (Å²) in [5, 5.41) is 17.1. The molecule has 0 spiro atoms. The molecule has 0 heterocycles. The molecule has 0 saturated heterocycles. The van der Waals surface area contributed by atoms with Crippen LogP contribution in [0.2, 0.25) is 0 Å². The summed E-state index contributed by atoms with van der Waals surface area (Å²) >= 11 is 0. The zero-order chi connectivity index (χ0) is 10.9. The predicted molar refractivity (Wildman–Crippen MR) is 50.5 cm³/mol. The predicted octanol–water partition coefficient (Wildman–Crippen LogP) is 0.360. The first kappa shape index (κ1) is 15.0. The smallest absolute Gasteiger partial charge is 0.126 e. The van der Waals surface area contributed by atoms with Crippen molar-refractivity contribution in [1.82, 2.24) is 0 Å². The summed E-state index contributed by atoms with van der Waals surface area (Å²) in [4.78, 5) is 9.44. The second-order valence-electron chi connectivity index (χ2n) is 3.08. The maximum absolute atomic E-state index is 9.44. The van der Waals surface area contributed by atoms with Gasteiger partial charge in [0.15, 0.2) is 0 Å². The molecule has 0 bridgehead atoms. The van der Waals surface area contributed by atoms with Crippen LogP contribution in [-0.2, 0) is 9.53 Å². The Morgan fingerprint density at radius 3 is 2.00 bits per heavy atom. The Hall–Kier alpha value is -0.450. The minimum absolute atomic E-state index is 0.00667. The number of carbonyl (C=O) groups excluding carboxylic acids is 1. The van der Waals surface area contributed by atoms with Crippen LogP contribution in [0.25, 0.3) is 0 Å². The topological polar surface area (TPSA) is 66.8 Å². The maximum atomic E-state index is 9.44. The van der Waals surface area contributed by atoms with E-state index < -0.39 is 6.10 Å². The van der Waals surface area contributed by atoms with Crippen LogP contribution in [0.3, 0.4) is 0 Å². The summed E-state index contributed by atoms with van der Waals surface area (Å²) in [7, 11) is 0. The van der Waals surface area contributed by atoms with Crippen LogP contribution in [0.5, 0.6) is 0 Å². The van der Waals surface area contributed by atoms with Crippen molar-refractivity contribution in [3.05, 3.63) is 0 Å². The van der Waals surface area contributed by atoms with Crippen molar-refractivity contribution >= 4 is 5.78 Å². The number of Topliss-reactive ketones (excluding diaryl/α,β-unsaturated/α-hetero) is 1. The first-order valence-electron chi connectivity index (χ1n) is 4.27. The lowest BCUT2D eigenvalue weighted by Gasteiger charge is -2.10. The zero-order valence-corrected chi connectivity index (χ0v) is 8.78. The van der Waals surface area contributed by atoms with Gasteiger partial charge >= 0.3 is 0 Å². The Morgan fingerprint density at radius 2 is 1.77 bits per heavy atom. The normalized spacial score (nSPS) is 14.0. The van der Waals surface area contributed by atoms with E-state index in [-0.39, 0.29) is 18.5 Å². The monoisotopic (exact) mass is 192 g/mol. The molecule has 13 heavy (non-hydrogen) atoms. The molecule has 0 rings (SSSR count). The first-order valence-corrected chi connectivity index (χ1v) is 4.27.